The van der Waals surface area contributed by atoms with Crippen molar-refractivity contribution in [2.24, 2.45) is 0 Å². The number of carbonyl (C=O) groups is 1. The summed E-state index contributed by atoms with van der Waals surface area (Å²) < 4.78 is 54.9. The molecule has 1 aromatic carbocycles. The highest BCUT2D eigenvalue weighted by Crippen LogP contribution is 2.42. The minimum Gasteiger partial charge on any atom is -0.309 e. The van der Waals surface area contributed by atoms with Gasteiger partial charge in [-0.05, 0) is 43.2 Å². The van der Waals surface area contributed by atoms with E-state index in [1.54, 1.807) is 18.2 Å². The Balaban J connectivity index is 3.15. The van der Waals surface area contributed by atoms with Crippen LogP contribution in [-0.2, 0) is 4.79 Å². The molecule has 0 aliphatic rings. The van der Waals surface area contributed by atoms with Crippen LogP contribution < -0.4 is 4.90 Å². The van der Waals surface area contributed by atoms with Crippen molar-refractivity contribution in [1.29, 1.82) is 0 Å². The molecule has 1 amide bonds. The molecule has 1 unspecified atom stereocenters. The monoisotopic (exact) mass is 393 g/mol. The van der Waals surface area contributed by atoms with Crippen molar-refractivity contribution in [3.05, 3.63) is 42.3 Å². The van der Waals surface area contributed by atoms with Crippen molar-refractivity contribution in [3.63, 3.8) is 0 Å². The van der Waals surface area contributed by atoms with E-state index in [0.717, 1.165) is 4.90 Å². The van der Waals surface area contributed by atoms with E-state index in [-0.39, 0.29) is 18.7 Å². The number of anilines is 1. The van der Waals surface area contributed by atoms with E-state index in [1.807, 2.05) is 17.9 Å². The zero-order valence-electron chi connectivity index (χ0n) is 15.5. The Bertz CT molecular complexity index is 603. The van der Waals surface area contributed by atoms with E-state index in [1.165, 1.54) is 19.1 Å². The van der Waals surface area contributed by atoms with Crippen LogP contribution in [0.1, 0.15) is 26.2 Å². The normalized spacial score (nSPS) is 15.2. The van der Waals surface area contributed by atoms with Crippen molar-refractivity contribution >= 4 is 21.6 Å². The van der Waals surface area contributed by atoms with Crippen molar-refractivity contribution in [2.45, 2.75) is 38.0 Å². The fourth-order valence-electron chi connectivity index (χ4n) is 2.56. The van der Waals surface area contributed by atoms with Gasteiger partial charge in [0.15, 0.2) is 0 Å². The lowest BCUT2D eigenvalue weighted by Gasteiger charge is -2.34. The van der Waals surface area contributed by atoms with Gasteiger partial charge in [0, 0.05) is 12.2 Å². The first kappa shape index (κ1) is 22.5. The molecular formula is C19H27F4NOS. The topological polar surface area (TPSA) is 20.3 Å². The highest BCUT2D eigenvalue weighted by atomic mass is 32.3. The Morgan fingerprint density at radius 2 is 1.77 bits per heavy atom. The van der Waals surface area contributed by atoms with E-state index in [0.29, 0.717) is 12.2 Å². The second-order valence-corrected chi connectivity index (χ2v) is 10.7. The van der Waals surface area contributed by atoms with Crippen LogP contribution in [0.15, 0.2) is 42.3 Å². The van der Waals surface area contributed by atoms with Gasteiger partial charge in [0.05, 0.1) is 0 Å². The third-order valence-electron chi connectivity index (χ3n) is 4.20. The first-order valence-electron chi connectivity index (χ1n) is 8.44. The smallest absolute Gasteiger partial charge is 0.309 e. The number of alkyl halides is 4. The maximum atomic E-state index is 14.8. The average Bonchev–Trinajstić information content (AvgIpc) is 2.58. The number of halogens is 4. The summed E-state index contributed by atoms with van der Waals surface area (Å²) in [6, 6.07) is 7.96. The summed E-state index contributed by atoms with van der Waals surface area (Å²) in [4.78, 5) is 13.6. The summed E-state index contributed by atoms with van der Waals surface area (Å²) >= 11 is 0. The van der Waals surface area contributed by atoms with Gasteiger partial charge in [0.25, 0.3) is 11.6 Å². The third-order valence-corrected chi connectivity index (χ3v) is 6.44. The summed E-state index contributed by atoms with van der Waals surface area (Å²) in [6.45, 7) is 5.22. The van der Waals surface area contributed by atoms with Gasteiger partial charge in [-0.1, -0.05) is 43.5 Å². The average molecular weight is 393 g/mol. The largest absolute Gasteiger partial charge is 0.431 e. The molecule has 26 heavy (non-hydrogen) atoms. The number of carbonyl (C=O) groups excluding carboxylic acids is 1. The summed E-state index contributed by atoms with van der Waals surface area (Å²) in [7, 11) is -1.09. The molecule has 1 atom stereocenters. The third kappa shape index (κ3) is 5.50. The van der Waals surface area contributed by atoms with Crippen LogP contribution in [0.5, 0.6) is 0 Å². The van der Waals surface area contributed by atoms with Gasteiger partial charge in [-0.15, -0.1) is 0 Å². The van der Waals surface area contributed by atoms with E-state index in [9.17, 15) is 22.4 Å². The van der Waals surface area contributed by atoms with Gasteiger partial charge in [-0.25, -0.2) is 14.4 Å². The summed E-state index contributed by atoms with van der Waals surface area (Å²) in [5.41, 5.74) is -3.61. The van der Waals surface area contributed by atoms with Crippen LogP contribution in [-0.4, -0.2) is 42.6 Å². The molecule has 7 heteroatoms. The first-order valence-corrected chi connectivity index (χ1v) is 11.1. The highest BCUT2D eigenvalue weighted by Gasteiger charge is 2.62. The Morgan fingerprint density at radius 3 is 2.23 bits per heavy atom. The molecular weight excluding hydrogens is 366 g/mol. The second-order valence-electron chi connectivity index (χ2n) is 6.69. The number of benzene rings is 1. The van der Waals surface area contributed by atoms with Gasteiger partial charge >= 0.3 is 6.18 Å². The summed E-state index contributed by atoms with van der Waals surface area (Å²) in [5, 5.41) is 1.84. The SMILES string of the molecule is C=CS(C)(C)CCCN(C(=O)C(F)(CCC)C(F)(F)F)c1ccccc1. The fourth-order valence-corrected chi connectivity index (χ4v) is 3.60. The van der Waals surface area contributed by atoms with Gasteiger partial charge in [0.2, 0.25) is 0 Å². The standard InChI is InChI=1S/C19H27F4NOS/c1-5-13-18(20,19(21,22)23)17(25)24(16-11-8-7-9-12-16)14-10-15-26(3,4)6-2/h6-9,11-12H,2,5,10,13-15H2,1,3-4H3. The molecule has 0 aromatic heterocycles. The van der Waals surface area contributed by atoms with Gasteiger partial charge in [-0.2, -0.15) is 13.2 Å². The molecule has 1 aromatic rings. The molecule has 1 rings (SSSR count). The lowest BCUT2D eigenvalue weighted by atomic mass is 9.97. The van der Waals surface area contributed by atoms with Gasteiger partial charge in [-0.3, -0.25) is 4.79 Å². The van der Waals surface area contributed by atoms with Crippen molar-refractivity contribution in [2.75, 3.05) is 29.7 Å². The minimum atomic E-state index is -5.25. The number of hydrogen-bond donors (Lipinski definition) is 0. The predicted molar refractivity (Wildman–Crippen MR) is 103 cm³/mol. The molecule has 0 saturated heterocycles. The molecule has 0 bridgehead atoms. The zero-order chi connectivity index (χ0) is 20.0. The Labute approximate surface area is 154 Å². The molecule has 0 saturated carbocycles. The molecule has 2 nitrogen and oxygen atoms in total. The number of nitrogens with zero attached hydrogens (tertiary/aromatic N) is 1. The van der Waals surface area contributed by atoms with Crippen molar-refractivity contribution < 1.29 is 22.4 Å². The van der Waals surface area contributed by atoms with Crippen LogP contribution >= 0.6 is 10.0 Å². The minimum absolute atomic E-state index is 0.0264. The predicted octanol–water partition coefficient (Wildman–Crippen LogP) is 5.69. The maximum absolute atomic E-state index is 14.8. The van der Waals surface area contributed by atoms with Crippen molar-refractivity contribution in [1.82, 2.24) is 0 Å². The van der Waals surface area contributed by atoms with E-state index >= 15 is 0 Å². The molecule has 0 fully saturated rings. The Morgan fingerprint density at radius 1 is 1.19 bits per heavy atom. The Hall–Kier alpha value is -1.50. The van der Waals surface area contributed by atoms with Crippen LogP contribution in [0.3, 0.4) is 0 Å². The molecule has 0 aliphatic heterocycles. The van der Waals surface area contributed by atoms with Crippen LogP contribution in [0.4, 0.5) is 23.2 Å². The van der Waals surface area contributed by atoms with Crippen LogP contribution in [0, 0.1) is 0 Å². The zero-order valence-corrected chi connectivity index (χ0v) is 16.3. The highest BCUT2D eigenvalue weighted by molar-refractivity contribution is 8.35. The van der Waals surface area contributed by atoms with E-state index in [4.69, 9.17) is 0 Å². The Kier molecular flexibility index (Phi) is 7.74. The molecule has 0 aliphatic carbocycles. The fraction of sp³-hybridized carbons (Fsp3) is 0.526. The first-order chi connectivity index (χ1) is 12.0. The van der Waals surface area contributed by atoms with E-state index < -0.39 is 34.2 Å². The molecule has 0 heterocycles. The number of hydrogen-bond acceptors (Lipinski definition) is 1. The lowest BCUT2D eigenvalue weighted by molar-refractivity contribution is -0.227. The number of rotatable bonds is 9. The summed E-state index contributed by atoms with van der Waals surface area (Å²) in [5.74, 6) is -0.837. The lowest BCUT2D eigenvalue weighted by Crippen LogP contribution is -2.55. The number of para-hydroxylation sites is 1. The van der Waals surface area contributed by atoms with Crippen molar-refractivity contribution in [3.8, 4) is 0 Å². The quantitative estimate of drug-likeness (QED) is 0.494. The van der Waals surface area contributed by atoms with Gasteiger partial charge < -0.3 is 4.90 Å². The summed E-state index contributed by atoms with van der Waals surface area (Å²) in [6.07, 6.45) is -1.70. The van der Waals surface area contributed by atoms with Gasteiger partial charge in [0.1, 0.15) is 0 Å². The number of amides is 1. The molecule has 0 N–H and O–H groups in total. The van der Waals surface area contributed by atoms with E-state index in [2.05, 4.69) is 6.58 Å². The van der Waals surface area contributed by atoms with Crippen LogP contribution in [0.25, 0.3) is 0 Å². The molecule has 148 valence electrons. The molecule has 0 spiro atoms. The maximum Gasteiger partial charge on any atom is 0.431 e. The van der Waals surface area contributed by atoms with Crippen LogP contribution in [0.2, 0.25) is 0 Å². The molecule has 0 radical (unpaired) electrons. The second kappa shape index (κ2) is 8.93.